The number of alkyl halides is 2. The van der Waals surface area contributed by atoms with Crippen LogP contribution in [0.4, 0.5) is 8.78 Å². The van der Waals surface area contributed by atoms with Crippen LogP contribution < -0.4 is 14.8 Å². The third kappa shape index (κ3) is 4.38. The summed E-state index contributed by atoms with van der Waals surface area (Å²) >= 11 is 0. The van der Waals surface area contributed by atoms with Gasteiger partial charge in [0.25, 0.3) is 5.91 Å². The van der Waals surface area contributed by atoms with E-state index >= 15 is 0 Å². The standard InChI is InChI=1S/C21H23F2NO3/c1-26-17-10-9-15(13-18(17)27-20(22)23)19(25)24-14-21(11-5-6-12-21)16-7-3-2-4-8-16/h2-4,7-10,13,20H,5-6,11-12,14H2,1H3,(H,24,25). The fraction of sp³-hybridized carbons (Fsp3) is 0.381. The lowest BCUT2D eigenvalue weighted by molar-refractivity contribution is -0.0512. The summed E-state index contributed by atoms with van der Waals surface area (Å²) in [6, 6.07) is 14.5. The van der Waals surface area contributed by atoms with Crippen LogP contribution in [-0.2, 0) is 5.41 Å². The SMILES string of the molecule is COc1ccc(C(=O)NCC2(c3ccccc3)CCCC2)cc1OC(F)F. The number of hydrogen-bond acceptors (Lipinski definition) is 3. The summed E-state index contributed by atoms with van der Waals surface area (Å²) in [7, 11) is 1.36. The highest BCUT2D eigenvalue weighted by Crippen LogP contribution is 2.40. The fourth-order valence-electron chi connectivity index (χ4n) is 3.77. The van der Waals surface area contributed by atoms with Crippen molar-refractivity contribution in [1.82, 2.24) is 5.32 Å². The van der Waals surface area contributed by atoms with E-state index in [1.807, 2.05) is 18.2 Å². The minimum Gasteiger partial charge on any atom is -0.493 e. The Morgan fingerprint density at radius 3 is 2.44 bits per heavy atom. The number of hydrogen-bond donors (Lipinski definition) is 1. The Balaban J connectivity index is 1.75. The van der Waals surface area contributed by atoms with Crippen molar-refractivity contribution in [3.05, 3.63) is 59.7 Å². The van der Waals surface area contributed by atoms with Crippen molar-refractivity contribution in [2.24, 2.45) is 0 Å². The minimum atomic E-state index is -2.99. The predicted molar refractivity (Wildman–Crippen MR) is 98.5 cm³/mol. The summed E-state index contributed by atoms with van der Waals surface area (Å²) in [4.78, 5) is 12.6. The molecule has 0 aromatic heterocycles. The summed E-state index contributed by atoms with van der Waals surface area (Å²) in [5.41, 5.74) is 1.40. The lowest BCUT2D eigenvalue weighted by Crippen LogP contribution is -2.39. The molecule has 6 heteroatoms. The number of methoxy groups -OCH3 is 1. The Labute approximate surface area is 157 Å². The van der Waals surface area contributed by atoms with Gasteiger partial charge < -0.3 is 14.8 Å². The molecule has 4 nitrogen and oxygen atoms in total. The first-order valence-corrected chi connectivity index (χ1v) is 9.01. The van der Waals surface area contributed by atoms with Gasteiger partial charge in [0.2, 0.25) is 0 Å². The van der Waals surface area contributed by atoms with Crippen LogP contribution in [0, 0.1) is 0 Å². The lowest BCUT2D eigenvalue weighted by Gasteiger charge is -2.30. The first-order chi connectivity index (χ1) is 13.0. The highest BCUT2D eigenvalue weighted by Gasteiger charge is 2.35. The molecule has 0 spiro atoms. The van der Waals surface area contributed by atoms with Gasteiger partial charge in [0.1, 0.15) is 0 Å². The average molecular weight is 375 g/mol. The van der Waals surface area contributed by atoms with Crippen LogP contribution >= 0.6 is 0 Å². The van der Waals surface area contributed by atoms with E-state index in [1.165, 1.54) is 30.9 Å². The third-order valence-corrected chi connectivity index (χ3v) is 5.18. The molecule has 2 aromatic rings. The molecule has 0 atom stereocenters. The summed E-state index contributed by atoms with van der Waals surface area (Å²) in [6.07, 6.45) is 4.28. The quantitative estimate of drug-likeness (QED) is 0.773. The van der Waals surface area contributed by atoms with Crippen LogP contribution in [-0.4, -0.2) is 26.2 Å². The maximum atomic E-state index is 12.6. The van der Waals surface area contributed by atoms with Crippen molar-refractivity contribution < 1.29 is 23.0 Å². The van der Waals surface area contributed by atoms with E-state index < -0.39 is 6.61 Å². The van der Waals surface area contributed by atoms with Crippen LogP contribution in [0.5, 0.6) is 11.5 Å². The van der Waals surface area contributed by atoms with Crippen molar-refractivity contribution in [2.45, 2.75) is 37.7 Å². The molecule has 27 heavy (non-hydrogen) atoms. The molecule has 144 valence electrons. The van der Waals surface area contributed by atoms with E-state index in [-0.39, 0.29) is 28.4 Å². The second-order valence-corrected chi connectivity index (χ2v) is 6.78. The highest BCUT2D eigenvalue weighted by atomic mass is 19.3. The second-order valence-electron chi connectivity index (χ2n) is 6.78. The molecule has 2 aromatic carbocycles. The van der Waals surface area contributed by atoms with E-state index in [4.69, 9.17) is 4.74 Å². The molecular weight excluding hydrogens is 352 g/mol. The normalized spacial score (nSPS) is 15.6. The largest absolute Gasteiger partial charge is 0.493 e. The molecule has 1 fully saturated rings. The van der Waals surface area contributed by atoms with Gasteiger partial charge >= 0.3 is 6.61 Å². The maximum Gasteiger partial charge on any atom is 0.387 e. The van der Waals surface area contributed by atoms with Crippen LogP contribution in [0.2, 0.25) is 0 Å². The van der Waals surface area contributed by atoms with Crippen molar-refractivity contribution in [2.75, 3.05) is 13.7 Å². The molecule has 0 unspecified atom stereocenters. The number of rotatable bonds is 7. The molecule has 1 amide bonds. The molecule has 3 rings (SSSR count). The predicted octanol–water partition coefficient (Wildman–Crippen LogP) is 4.54. The Hall–Kier alpha value is -2.63. The number of carbonyl (C=O) groups excluding carboxylic acids is 1. The van der Waals surface area contributed by atoms with E-state index in [1.54, 1.807) is 0 Å². The molecule has 0 radical (unpaired) electrons. The fourth-order valence-corrected chi connectivity index (χ4v) is 3.77. The van der Waals surface area contributed by atoms with Gasteiger partial charge in [-0.25, -0.2) is 0 Å². The van der Waals surface area contributed by atoms with Gasteiger partial charge in [-0.15, -0.1) is 0 Å². The number of ether oxygens (including phenoxy) is 2. The minimum absolute atomic E-state index is 0.0777. The van der Waals surface area contributed by atoms with E-state index in [0.717, 1.165) is 25.7 Å². The van der Waals surface area contributed by atoms with Crippen molar-refractivity contribution >= 4 is 5.91 Å². The molecule has 0 bridgehead atoms. The van der Waals surface area contributed by atoms with Crippen LogP contribution in [0.25, 0.3) is 0 Å². The van der Waals surface area contributed by atoms with Crippen LogP contribution in [0.15, 0.2) is 48.5 Å². The van der Waals surface area contributed by atoms with Crippen molar-refractivity contribution in [1.29, 1.82) is 0 Å². The van der Waals surface area contributed by atoms with Gasteiger partial charge in [-0.3, -0.25) is 4.79 Å². The third-order valence-electron chi connectivity index (χ3n) is 5.18. The Morgan fingerprint density at radius 1 is 1.11 bits per heavy atom. The first-order valence-electron chi connectivity index (χ1n) is 9.01. The monoisotopic (exact) mass is 375 g/mol. The molecule has 0 heterocycles. The van der Waals surface area contributed by atoms with Crippen molar-refractivity contribution in [3.63, 3.8) is 0 Å². The van der Waals surface area contributed by atoms with Gasteiger partial charge in [0.15, 0.2) is 11.5 Å². The smallest absolute Gasteiger partial charge is 0.387 e. The van der Waals surface area contributed by atoms with Gasteiger partial charge in [-0.05, 0) is 36.6 Å². The Kier molecular flexibility index (Phi) is 5.94. The summed E-state index contributed by atoms with van der Waals surface area (Å²) in [5.74, 6) is -0.318. The number of halogens is 2. The number of nitrogens with one attached hydrogen (secondary N) is 1. The molecular formula is C21H23F2NO3. The van der Waals surface area contributed by atoms with Gasteiger partial charge in [0.05, 0.1) is 7.11 Å². The van der Waals surface area contributed by atoms with Crippen LogP contribution in [0.3, 0.4) is 0 Å². The van der Waals surface area contributed by atoms with E-state index in [0.29, 0.717) is 6.54 Å². The highest BCUT2D eigenvalue weighted by molar-refractivity contribution is 5.95. The molecule has 1 N–H and O–H groups in total. The summed E-state index contributed by atoms with van der Waals surface area (Å²) in [6.45, 7) is -2.48. The van der Waals surface area contributed by atoms with E-state index in [9.17, 15) is 13.6 Å². The summed E-state index contributed by atoms with van der Waals surface area (Å²) < 4.78 is 34.6. The summed E-state index contributed by atoms with van der Waals surface area (Å²) in [5, 5.41) is 2.98. The molecule has 1 aliphatic rings. The van der Waals surface area contributed by atoms with Gasteiger partial charge in [-0.1, -0.05) is 43.2 Å². The number of amides is 1. The topological polar surface area (TPSA) is 47.6 Å². The average Bonchev–Trinajstić information content (AvgIpc) is 3.16. The maximum absolute atomic E-state index is 12.6. The van der Waals surface area contributed by atoms with Gasteiger partial charge in [-0.2, -0.15) is 8.78 Å². The zero-order valence-electron chi connectivity index (χ0n) is 15.2. The zero-order chi connectivity index (χ0) is 19.3. The molecule has 1 saturated carbocycles. The molecule has 1 aliphatic carbocycles. The number of carbonyl (C=O) groups is 1. The number of benzene rings is 2. The zero-order valence-corrected chi connectivity index (χ0v) is 15.2. The van der Waals surface area contributed by atoms with Gasteiger partial charge in [0, 0.05) is 17.5 Å². The lowest BCUT2D eigenvalue weighted by atomic mass is 9.79. The Bertz CT molecular complexity index is 774. The Morgan fingerprint density at radius 2 is 1.81 bits per heavy atom. The molecule has 0 saturated heterocycles. The second kappa shape index (κ2) is 8.37. The first kappa shape index (κ1) is 19.1. The van der Waals surface area contributed by atoms with E-state index in [2.05, 4.69) is 22.2 Å². The molecule has 0 aliphatic heterocycles. The van der Waals surface area contributed by atoms with Crippen LogP contribution in [0.1, 0.15) is 41.6 Å². The van der Waals surface area contributed by atoms with Crippen molar-refractivity contribution in [3.8, 4) is 11.5 Å².